The summed E-state index contributed by atoms with van der Waals surface area (Å²) in [4.78, 5) is 19.0. The van der Waals surface area contributed by atoms with Crippen LogP contribution in [-0.2, 0) is 4.79 Å². The number of nitrogens with zero attached hydrogens (tertiary/aromatic N) is 2. The van der Waals surface area contributed by atoms with Crippen LogP contribution in [0.3, 0.4) is 0 Å². The van der Waals surface area contributed by atoms with Crippen molar-refractivity contribution in [3.63, 3.8) is 0 Å². The Hall–Kier alpha value is -1.94. The van der Waals surface area contributed by atoms with E-state index < -0.39 is 0 Å². The van der Waals surface area contributed by atoms with E-state index in [0.717, 1.165) is 28.2 Å². The minimum Gasteiger partial charge on any atom is -0.358 e. The maximum atomic E-state index is 11.4. The fraction of sp³-hybridized carbons (Fsp3) is 0.143. The third-order valence-electron chi connectivity index (χ3n) is 3.10. The lowest BCUT2D eigenvalue weighted by Gasteiger charge is -2.31. The largest absolute Gasteiger partial charge is 0.358 e. The van der Waals surface area contributed by atoms with Gasteiger partial charge >= 0.3 is 0 Å². The van der Waals surface area contributed by atoms with Gasteiger partial charge in [0.05, 0.1) is 22.0 Å². The summed E-state index contributed by atoms with van der Waals surface area (Å²) in [5.74, 6) is 0. The van der Waals surface area contributed by atoms with E-state index in [4.69, 9.17) is 0 Å². The molecule has 0 saturated heterocycles. The second-order valence-corrected chi connectivity index (χ2v) is 5.10. The molecule has 1 aliphatic rings. The van der Waals surface area contributed by atoms with E-state index in [1.165, 1.54) is 0 Å². The molecule has 1 aliphatic heterocycles. The van der Waals surface area contributed by atoms with Crippen LogP contribution < -0.4 is 4.90 Å². The molecule has 18 heavy (non-hydrogen) atoms. The van der Waals surface area contributed by atoms with Crippen LogP contribution in [0.25, 0.3) is 0 Å². The van der Waals surface area contributed by atoms with E-state index in [1.54, 1.807) is 11.3 Å². The van der Waals surface area contributed by atoms with Crippen molar-refractivity contribution >= 4 is 34.7 Å². The SMILES string of the molecule is CN1c2ccccc2N=C(c2cccs2)C1C=O. The maximum Gasteiger partial charge on any atom is 0.148 e. The number of aliphatic imine (C=N–C) groups is 1. The average Bonchev–Trinajstić information content (AvgIpc) is 2.92. The fourth-order valence-corrected chi connectivity index (χ4v) is 2.92. The Bertz CT molecular complexity index is 604. The molecule has 0 amide bonds. The summed E-state index contributed by atoms with van der Waals surface area (Å²) >= 11 is 1.61. The average molecular weight is 256 g/mol. The molecule has 1 aromatic carbocycles. The summed E-state index contributed by atoms with van der Waals surface area (Å²) in [5, 5.41) is 2.00. The topological polar surface area (TPSA) is 32.7 Å². The number of carbonyl (C=O) groups is 1. The van der Waals surface area contributed by atoms with Gasteiger partial charge in [0.25, 0.3) is 0 Å². The van der Waals surface area contributed by atoms with Crippen molar-refractivity contribution < 1.29 is 4.79 Å². The summed E-state index contributed by atoms with van der Waals surface area (Å²) in [5.41, 5.74) is 2.75. The van der Waals surface area contributed by atoms with E-state index in [1.807, 2.05) is 53.7 Å². The fourth-order valence-electron chi connectivity index (χ4n) is 2.17. The highest BCUT2D eigenvalue weighted by Gasteiger charge is 2.28. The zero-order chi connectivity index (χ0) is 12.5. The number of likely N-dealkylation sites (N-methyl/N-ethyl adjacent to an activating group) is 1. The third kappa shape index (κ3) is 1.66. The Morgan fingerprint density at radius 3 is 2.83 bits per heavy atom. The molecule has 2 heterocycles. The first-order chi connectivity index (χ1) is 8.81. The van der Waals surface area contributed by atoms with Crippen LogP contribution in [0.4, 0.5) is 11.4 Å². The van der Waals surface area contributed by atoms with Gasteiger partial charge in [0, 0.05) is 7.05 Å². The highest BCUT2D eigenvalue weighted by Crippen LogP contribution is 2.34. The van der Waals surface area contributed by atoms with Crippen molar-refractivity contribution in [1.29, 1.82) is 0 Å². The number of hydrogen-bond acceptors (Lipinski definition) is 4. The number of carbonyl (C=O) groups excluding carboxylic acids is 1. The molecule has 0 bridgehead atoms. The summed E-state index contributed by atoms with van der Waals surface area (Å²) in [6.45, 7) is 0. The van der Waals surface area contributed by atoms with Crippen molar-refractivity contribution in [3.8, 4) is 0 Å². The van der Waals surface area contributed by atoms with E-state index in [9.17, 15) is 4.79 Å². The van der Waals surface area contributed by atoms with Gasteiger partial charge in [-0.05, 0) is 23.6 Å². The van der Waals surface area contributed by atoms with E-state index in [2.05, 4.69) is 4.99 Å². The van der Waals surface area contributed by atoms with Gasteiger partial charge in [-0.15, -0.1) is 11.3 Å². The highest BCUT2D eigenvalue weighted by atomic mass is 32.1. The van der Waals surface area contributed by atoms with Crippen LogP contribution in [0.5, 0.6) is 0 Å². The lowest BCUT2D eigenvalue weighted by Crippen LogP contribution is -2.42. The molecule has 90 valence electrons. The summed E-state index contributed by atoms with van der Waals surface area (Å²) < 4.78 is 0. The molecule has 0 aliphatic carbocycles. The molecule has 4 heteroatoms. The minimum atomic E-state index is -0.307. The maximum absolute atomic E-state index is 11.4. The Morgan fingerprint density at radius 1 is 1.28 bits per heavy atom. The Kier molecular flexibility index (Phi) is 2.72. The summed E-state index contributed by atoms with van der Waals surface area (Å²) in [7, 11) is 1.93. The number of aldehydes is 1. The standard InChI is InChI=1S/C14H12N2OS/c1-16-11-6-3-2-5-10(11)15-14(12(16)9-17)13-7-4-8-18-13/h2-9,12H,1H3. The molecule has 3 nitrogen and oxygen atoms in total. The molecule has 3 rings (SSSR count). The van der Waals surface area contributed by atoms with Gasteiger partial charge in [0.1, 0.15) is 12.3 Å². The van der Waals surface area contributed by atoms with Crippen molar-refractivity contribution in [3.05, 3.63) is 46.7 Å². The van der Waals surface area contributed by atoms with Crippen LogP contribution in [0.1, 0.15) is 4.88 Å². The van der Waals surface area contributed by atoms with Crippen molar-refractivity contribution in [2.45, 2.75) is 6.04 Å². The molecule has 0 radical (unpaired) electrons. The molecule has 1 unspecified atom stereocenters. The minimum absolute atomic E-state index is 0.307. The van der Waals surface area contributed by atoms with Crippen LogP contribution in [0.15, 0.2) is 46.8 Å². The normalized spacial score (nSPS) is 18.2. The second kappa shape index (κ2) is 4.38. The molecule has 1 atom stereocenters. The first-order valence-electron chi connectivity index (χ1n) is 5.71. The van der Waals surface area contributed by atoms with Crippen LogP contribution >= 0.6 is 11.3 Å². The van der Waals surface area contributed by atoms with Gasteiger partial charge in [-0.1, -0.05) is 18.2 Å². The van der Waals surface area contributed by atoms with Crippen molar-refractivity contribution in [2.24, 2.45) is 4.99 Å². The van der Waals surface area contributed by atoms with Crippen LogP contribution in [0.2, 0.25) is 0 Å². The highest BCUT2D eigenvalue weighted by molar-refractivity contribution is 7.12. The smallest absolute Gasteiger partial charge is 0.148 e. The zero-order valence-corrected chi connectivity index (χ0v) is 10.7. The predicted molar refractivity (Wildman–Crippen MR) is 75.2 cm³/mol. The Balaban J connectivity index is 2.18. The van der Waals surface area contributed by atoms with E-state index in [-0.39, 0.29) is 6.04 Å². The number of thiophene rings is 1. The number of anilines is 1. The van der Waals surface area contributed by atoms with Gasteiger partial charge in [-0.3, -0.25) is 0 Å². The van der Waals surface area contributed by atoms with E-state index in [0.29, 0.717) is 0 Å². The number of benzene rings is 1. The van der Waals surface area contributed by atoms with Crippen molar-refractivity contribution in [2.75, 3.05) is 11.9 Å². The Morgan fingerprint density at radius 2 is 2.11 bits per heavy atom. The van der Waals surface area contributed by atoms with E-state index >= 15 is 0 Å². The summed E-state index contributed by atoms with van der Waals surface area (Å²) in [6.07, 6.45) is 0.953. The molecular weight excluding hydrogens is 244 g/mol. The molecule has 2 aromatic rings. The molecule has 1 aromatic heterocycles. The van der Waals surface area contributed by atoms with Crippen LogP contribution in [0, 0.1) is 0 Å². The quantitative estimate of drug-likeness (QED) is 0.774. The summed E-state index contributed by atoms with van der Waals surface area (Å²) in [6, 6.07) is 11.6. The molecule has 0 saturated carbocycles. The van der Waals surface area contributed by atoms with Gasteiger partial charge < -0.3 is 9.69 Å². The van der Waals surface area contributed by atoms with Crippen LogP contribution in [-0.4, -0.2) is 25.1 Å². The first-order valence-corrected chi connectivity index (χ1v) is 6.59. The number of fused-ring (bicyclic) bond motifs is 1. The molecular formula is C14H12N2OS. The lowest BCUT2D eigenvalue weighted by atomic mass is 10.1. The number of para-hydroxylation sites is 2. The first kappa shape index (κ1) is 11.2. The number of hydrogen-bond donors (Lipinski definition) is 0. The molecule has 0 fully saturated rings. The van der Waals surface area contributed by atoms with Gasteiger partial charge in [-0.2, -0.15) is 0 Å². The molecule has 0 N–H and O–H groups in total. The predicted octanol–water partition coefficient (Wildman–Crippen LogP) is 2.89. The van der Waals surface area contributed by atoms with Crippen molar-refractivity contribution in [1.82, 2.24) is 0 Å². The zero-order valence-electron chi connectivity index (χ0n) is 9.91. The third-order valence-corrected chi connectivity index (χ3v) is 3.99. The second-order valence-electron chi connectivity index (χ2n) is 4.15. The number of rotatable bonds is 2. The lowest BCUT2D eigenvalue weighted by molar-refractivity contribution is -0.107. The van der Waals surface area contributed by atoms with Gasteiger partial charge in [-0.25, -0.2) is 4.99 Å². The monoisotopic (exact) mass is 256 g/mol. The van der Waals surface area contributed by atoms with Gasteiger partial charge in [0.2, 0.25) is 0 Å². The van der Waals surface area contributed by atoms with Gasteiger partial charge in [0.15, 0.2) is 0 Å². The Labute approximate surface area is 109 Å². The molecule has 0 spiro atoms.